The van der Waals surface area contributed by atoms with Crippen LogP contribution in [-0.4, -0.2) is 44.5 Å². The average molecular weight is 322 g/mol. The van der Waals surface area contributed by atoms with Crippen molar-refractivity contribution in [2.24, 2.45) is 0 Å². The van der Waals surface area contributed by atoms with Gasteiger partial charge in [0.05, 0.1) is 26.3 Å². The van der Waals surface area contributed by atoms with Gasteiger partial charge in [-0.1, -0.05) is 26.0 Å². The van der Waals surface area contributed by atoms with Crippen molar-refractivity contribution >= 4 is 23.0 Å². The third kappa shape index (κ3) is 5.55. The number of thiocarbonyl (C=S) groups is 1. The molecule has 22 heavy (non-hydrogen) atoms. The third-order valence-corrected chi connectivity index (χ3v) is 4.56. The largest absolute Gasteiger partial charge is 0.370 e. The highest BCUT2D eigenvalue weighted by atomic mass is 32.1. The molecule has 0 amide bonds. The van der Waals surface area contributed by atoms with Crippen LogP contribution in [0.2, 0.25) is 0 Å². The number of benzene rings is 1. The fraction of sp³-hybridized carbons (Fsp3) is 0.588. The summed E-state index contributed by atoms with van der Waals surface area (Å²) in [5.74, 6) is 0.607. The lowest BCUT2D eigenvalue weighted by Crippen LogP contribution is -3.14. The van der Waals surface area contributed by atoms with E-state index in [9.17, 15) is 0 Å². The van der Waals surface area contributed by atoms with E-state index in [4.69, 9.17) is 17.0 Å². The van der Waals surface area contributed by atoms with Crippen LogP contribution in [0.4, 0.5) is 5.69 Å². The summed E-state index contributed by atoms with van der Waals surface area (Å²) in [5, 5.41) is 7.23. The highest BCUT2D eigenvalue weighted by Gasteiger charge is 2.12. The Bertz CT molecular complexity index is 457. The smallest absolute Gasteiger partial charge is 0.170 e. The minimum atomic E-state index is 0.607. The number of hydrogen-bond donors (Lipinski definition) is 3. The second-order valence-corrected chi connectivity index (χ2v) is 6.33. The second kappa shape index (κ2) is 9.08. The molecule has 1 aliphatic rings. The van der Waals surface area contributed by atoms with E-state index in [1.165, 1.54) is 5.56 Å². The summed E-state index contributed by atoms with van der Waals surface area (Å²) >= 11 is 5.35. The van der Waals surface area contributed by atoms with E-state index in [1.807, 2.05) is 0 Å². The Labute approximate surface area is 139 Å². The van der Waals surface area contributed by atoms with E-state index in [2.05, 4.69) is 48.7 Å². The molecule has 0 spiro atoms. The summed E-state index contributed by atoms with van der Waals surface area (Å²) in [6, 6.07) is 8.55. The maximum absolute atomic E-state index is 5.36. The molecule has 1 saturated heterocycles. The molecular formula is C17H28N3OS+. The molecule has 0 aromatic heterocycles. The van der Waals surface area contributed by atoms with Crippen molar-refractivity contribution in [2.75, 3.05) is 44.7 Å². The van der Waals surface area contributed by atoms with Gasteiger partial charge in [0, 0.05) is 5.69 Å². The van der Waals surface area contributed by atoms with Gasteiger partial charge in [-0.05, 0) is 42.3 Å². The van der Waals surface area contributed by atoms with Crippen molar-refractivity contribution < 1.29 is 9.64 Å². The molecule has 4 nitrogen and oxygen atoms in total. The van der Waals surface area contributed by atoms with Gasteiger partial charge in [-0.2, -0.15) is 0 Å². The Morgan fingerprint density at radius 1 is 1.27 bits per heavy atom. The van der Waals surface area contributed by atoms with Crippen LogP contribution in [0, 0.1) is 0 Å². The van der Waals surface area contributed by atoms with Gasteiger partial charge in [-0.25, -0.2) is 0 Å². The van der Waals surface area contributed by atoms with Crippen molar-refractivity contribution in [3.63, 3.8) is 0 Å². The summed E-state index contributed by atoms with van der Waals surface area (Å²) < 4.78 is 5.36. The van der Waals surface area contributed by atoms with Crippen LogP contribution < -0.4 is 15.5 Å². The molecule has 5 heteroatoms. The first-order valence-corrected chi connectivity index (χ1v) is 8.66. The predicted molar refractivity (Wildman–Crippen MR) is 95.8 cm³/mol. The normalized spacial score (nSPS) is 17.0. The third-order valence-electron chi connectivity index (χ3n) is 4.31. The van der Waals surface area contributed by atoms with E-state index in [0.29, 0.717) is 11.0 Å². The van der Waals surface area contributed by atoms with Crippen molar-refractivity contribution in [2.45, 2.75) is 26.2 Å². The summed E-state index contributed by atoms with van der Waals surface area (Å²) in [6.45, 7) is 10.4. The van der Waals surface area contributed by atoms with Crippen LogP contribution in [0.25, 0.3) is 0 Å². The van der Waals surface area contributed by atoms with Crippen molar-refractivity contribution in [1.29, 1.82) is 0 Å². The molecule has 122 valence electrons. The maximum atomic E-state index is 5.36. The summed E-state index contributed by atoms with van der Waals surface area (Å²) in [7, 11) is 0. The number of hydrogen-bond acceptors (Lipinski definition) is 2. The number of nitrogens with one attached hydrogen (secondary N) is 3. The van der Waals surface area contributed by atoms with Crippen LogP contribution in [0.3, 0.4) is 0 Å². The first-order chi connectivity index (χ1) is 10.7. The lowest BCUT2D eigenvalue weighted by atomic mass is 9.99. The fourth-order valence-electron chi connectivity index (χ4n) is 2.57. The van der Waals surface area contributed by atoms with Gasteiger partial charge < -0.3 is 20.3 Å². The molecule has 1 atom stereocenters. The van der Waals surface area contributed by atoms with Gasteiger partial charge in [-0.3, -0.25) is 0 Å². The molecule has 1 aliphatic heterocycles. The Morgan fingerprint density at radius 3 is 2.59 bits per heavy atom. The molecule has 0 radical (unpaired) electrons. The number of anilines is 1. The number of rotatable bonds is 6. The molecule has 1 aromatic carbocycles. The van der Waals surface area contributed by atoms with Crippen LogP contribution in [0.5, 0.6) is 0 Å². The second-order valence-electron chi connectivity index (χ2n) is 5.92. The first kappa shape index (κ1) is 17.2. The SMILES string of the molecule is CC[C@@H](C)c1ccc(NC(=S)NCC[NH+]2CCOCC2)cc1. The molecular weight excluding hydrogens is 294 g/mol. The van der Waals surface area contributed by atoms with Crippen LogP contribution in [-0.2, 0) is 4.74 Å². The van der Waals surface area contributed by atoms with Gasteiger partial charge >= 0.3 is 0 Å². The molecule has 3 N–H and O–H groups in total. The predicted octanol–water partition coefficient (Wildman–Crippen LogP) is 1.40. The summed E-state index contributed by atoms with van der Waals surface area (Å²) in [6.07, 6.45) is 1.16. The van der Waals surface area contributed by atoms with Crippen molar-refractivity contribution in [3.8, 4) is 0 Å². The van der Waals surface area contributed by atoms with E-state index in [0.717, 1.165) is 51.5 Å². The minimum Gasteiger partial charge on any atom is -0.370 e. The van der Waals surface area contributed by atoms with E-state index < -0.39 is 0 Å². The molecule has 1 fully saturated rings. The quantitative estimate of drug-likeness (QED) is 0.692. The van der Waals surface area contributed by atoms with Crippen molar-refractivity contribution in [3.05, 3.63) is 29.8 Å². The van der Waals surface area contributed by atoms with E-state index in [-0.39, 0.29) is 0 Å². The van der Waals surface area contributed by atoms with Crippen LogP contribution >= 0.6 is 12.2 Å². The lowest BCUT2D eigenvalue weighted by molar-refractivity contribution is -0.906. The summed E-state index contributed by atoms with van der Waals surface area (Å²) in [4.78, 5) is 1.58. The zero-order valence-corrected chi connectivity index (χ0v) is 14.5. The minimum absolute atomic E-state index is 0.607. The van der Waals surface area contributed by atoms with Gasteiger partial charge in [0.1, 0.15) is 13.1 Å². The molecule has 2 rings (SSSR count). The van der Waals surface area contributed by atoms with Crippen LogP contribution in [0.15, 0.2) is 24.3 Å². The fourth-order valence-corrected chi connectivity index (χ4v) is 2.79. The average Bonchev–Trinajstić information content (AvgIpc) is 2.56. The number of ether oxygens (including phenoxy) is 1. The first-order valence-electron chi connectivity index (χ1n) is 8.25. The Kier molecular flexibility index (Phi) is 7.09. The summed E-state index contributed by atoms with van der Waals surface area (Å²) in [5.41, 5.74) is 2.42. The number of quaternary nitrogens is 1. The van der Waals surface area contributed by atoms with Crippen molar-refractivity contribution in [1.82, 2.24) is 5.32 Å². The van der Waals surface area contributed by atoms with Gasteiger partial charge in [-0.15, -0.1) is 0 Å². The maximum Gasteiger partial charge on any atom is 0.170 e. The zero-order chi connectivity index (χ0) is 15.8. The molecule has 0 aliphatic carbocycles. The highest BCUT2D eigenvalue weighted by molar-refractivity contribution is 7.80. The lowest BCUT2D eigenvalue weighted by Gasteiger charge is -2.24. The Balaban J connectivity index is 1.70. The van der Waals surface area contributed by atoms with Crippen LogP contribution in [0.1, 0.15) is 31.7 Å². The molecule has 1 heterocycles. The molecule has 0 unspecified atom stereocenters. The topological polar surface area (TPSA) is 37.7 Å². The van der Waals surface area contributed by atoms with E-state index >= 15 is 0 Å². The molecule has 0 bridgehead atoms. The Morgan fingerprint density at radius 2 is 1.95 bits per heavy atom. The van der Waals surface area contributed by atoms with Gasteiger partial charge in [0.15, 0.2) is 5.11 Å². The number of morpholine rings is 1. The van der Waals surface area contributed by atoms with Gasteiger partial charge in [0.2, 0.25) is 0 Å². The molecule has 0 saturated carbocycles. The standard InChI is InChI=1S/C17H27N3OS/c1-3-14(2)15-4-6-16(7-5-15)19-17(22)18-8-9-20-10-12-21-13-11-20/h4-7,14H,3,8-13H2,1-2H3,(H2,18,19,22)/p+1/t14-/m1/s1. The highest BCUT2D eigenvalue weighted by Crippen LogP contribution is 2.20. The monoisotopic (exact) mass is 322 g/mol. The molecule has 1 aromatic rings. The van der Waals surface area contributed by atoms with E-state index in [1.54, 1.807) is 4.90 Å². The van der Waals surface area contributed by atoms with Gasteiger partial charge in [0.25, 0.3) is 0 Å². The Hall–Kier alpha value is -1.17. The zero-order valence-electron chi connectivity index (χ0n) is 13.7.